The van der Waals surface area contributed by atoms with Crippen molar-refractivity contribution < 1.29 is 18.0 Å². The molecule has 4 heterocycles. The van der Waals surface area contributed by atoms with E-state index in [9.17, 15) is 18.0 Å². The first-order chi connectivity index (χ1) is 15.4. The Morgan fingerprint density at radius 2 is 1.84 bits per heavy atom. The largest absolute Gasteiger partial charge is 0.419 e. The number of hydrogen-bond donors (Lipinski definition) is 1. The molecule has 0 radical (unpaired) electrons. The van der Waals surface area contributed by atoms with Crippen LogP contribution in [0, 0.1) is 11.3 Å². The molecule has 3 fully saturated rings. The third kappa shape index (κ3) is 2.78. The minimum Gasteiger partial charge on any atom is -0.349 e. The van der Waals surface area contributed by atoms with Crippen LogP contribution >= 0.6 is 0 Å². The average molecular weight is 442 g/mol. The predicted molar refractivity (Wildman–Crippen MR) is 104 cm³/mol. The number of rotatable bonds is 4. The second-order valence-electron chi connectivity index (χ2n) is 8.48. The van der Waals surface area contributed by atoms with E-state index >= 15 is 0 Å². The van der Waals surface area contributed by atoms with Crippen LogP contribution in [0.1, 0.15) is 28.8 Å². The number of likely N-dealkylation sites (tertiary alicyclic amines) is 1. The molecule has 0 bridgehead atoms. The van der Waals surface area contributed by atoms with Gasteiger partial charge in [-0.25, -0.2) is 15.0 Å². The maximum absolute atomic E-state index is 13.5. The van der Waals surface area contributed by atoms with E-state index in [-0.39, 0.29) is 29.4 Å². The summed E-state index contributed by atoms with van der Waals surface area (Å²) in [5, 5.41) is 11.3. The Balaban J connectivity index is 1.24. The van der Waals surface area contributed by atoms with Crippen molar-refractivity contribution in [2.24, 2.45) is 11.3 Å². The number of anilines is 1. The molecule has 4 atom stereocenters. The zero-order valence-electron chi connectivity index (χ0n) is 16.6. The minimum atomic E-state index is -4.49. The third-order valence-electron chi connectivity index (χ3n) is 6.78. The lowest BCUT2D eigenvalue weighted by Gasteiger charge is -2.48. The SMILES string of the molecule is O=C(c1cccnc1-n1nccn1)N1CC2CC23CC(Nc2ncc(C(F)(F)F)cn2)C13. The van der Waals surface area contributed by atoms with Crippen LogP contribution in [0.3, 0.4) is 0 Å². The van der Waals surface area contributed by atoms with E-state index < -0.39 is 11.7 Å². The Labute approximate surface area is 179 Å². The molecule has 32 heavy (non-hydrogen) atoms. The van der Waals surface area contributed by atoms with Crippen LogP contribution < -0.4 is 5.32 Å². The van der Waals surface area contributed by atoms with Crippen molar-refractivity contribution in [3.63, 3.8) is 0 Å². The topological polar surface area (TPSA) is 102 Å². The Morgan fingerprint density at radius 1 is 1.09 bits per heavy atom. The Morgan fingerprint density at radius 3 is 2.56 bits per heavy atom. The Bertz CT molecular complexity index is 1180. The van der Waals surface area contributed by atoms with Crippen molar-refractivity contribution in [2.45, 2.75) is 31.1 Å². The number of amides is 1. The van der Waals surface area contributed by atoms with Crippen LogP contribution in [-0.2, 0) is 6.18 Å². The fraction of sp³-hybridized carbons (Fsp3) is 0.400. The van der Waals surface area contributed by atoms with E-state index in [1.807, 2.05) is 4.90 Å². The number of alkyl halides is 3. The Hall–Kier alpha value is -3.57. The fourth-order valence-electron chi connectivity index (χ4n) is 5.28. The number of piperidine rings is 1. The standard InChI is InChI=1S/C20H17F3N8O/c21-20(22,23)12-8-25-18(26-9-12)29-14-7-19-6-11(19)10-30(15(14)19)17(32)13-2-1-3-24-16(13)31-27-4-5-28-31/h1-5,8-9,11,14-15H,6-7,10H2,(H,25,26,29). The molecule has 2 aliphatic carbocycles. The molecular formula is C20H17F3N8O. The van der Waals surface area contributed by atoms with E-state index in [0.29, 0.717) is 23.8 Å². The average Bonchev–Trinajstić information content (AvgIpc) is 3.14. The molecule has 0 aromatic carbocycles. The van der Waals surface area contributed by atoms with Crippen LogP contribution in [-0.4, -0.2) is 59.4 Å². The highest BCUT2D eigenvalue weighted by atomic mass is 19.4. The molecule has 164 valence electrons. The number of nitrogens with zero attached hydrogens (tertiary/aromatic N) is 7. The lowest BCUT2D eigenvalue weighted by molar-refractivity contribution is -0.138. The van der Waals surface area contributed by atoms with Gasteiger partial charge in [0.2, 0.25) is 5.95 Å². The predicted octanol–water partition coefficient (Wildman–Crippen LogP) is 2.19. The first-order valence-corrected chi connectivity index (χ1v) is 10.2. The van der Waals surface area contributed by atoms with Gasteiger partial charge in [-0.15, -0.1) is 4.80 Å². The summed E-state index contributed by atoms with van der Waals surface area (Å²) in [6, 6.07) is 3.18. The van der Waals surface area contributed by atoms with Crippen LogP contribution in [0.2, 0.25) is 0 Å². The number of pyridine rings is 1. The fourth-order valence-corrected chi connectivity index (χ4v) is 5.28. The van der Waals surface area contributed by atoms with Gasteiger partial charge in [-0.3, -0.25) is 4.79 Å². The van der Waals surface area contributed by atoms with E-state index in [1.165, 1.54) is 17.2 Å². The van der Waals surface area contributed by atoms with Crippen molar-refractivity contribution >= 4 is 11.9 Å². The van der Waals surface area contributed by atoms with Gasteiger partial charge in [0.1, 0.15) is 0 Å². The minimum absolute atomic E-state index is 0.0750. The van der Waals surface area contributed by atoms with Crippen molar-refractivity contribution in [2.75, 3.05) is 11.9 Å². The molecule has 1 spiro atoms. The summed E-state index contributed by atoms with van der Waals surface area (Å²) in [5.41, 5.74) is -0.424. The van der Waals surface area contributed by atoms with Gasteiger partial charge in [-0.05, 0) is 36.3 Å². The molecule has 1 aliphatic heterocycles. The number of nitrogens with one attached hydrogen (secondary N) is 1. The van der Waals surface area contributed by atoms with Gasteiger partial charge in [-0.2, -0.15) is 23.4 Å². The van der Waals surface area contributed by atoms with Crippen molar-refractivity contribution in [3.05, 3.63) is 54.2 Å². The van der Waals surface area contributed by atoms with Crippen molar-refractivity contribution in [1.82, 2.24) is 34.8 Å². The van der Waals surface area contributed by atoms with Gasteiger partial charge in [0.25, 0.3) is 5.91 Å². The summed E-state index contributed by atoms with van der Waals surface area (Å²) in [6.45, 7) is 0.635. The monoisotopic (exact) mass is 442 g/mol. The zero-order chi connectivity index (χ0) is 22.1. The smallest absolute Gasteiger partial charge is 0.349 e. The number of aromatic nitrogens is 6. The molecule has 1 saturated heterocycles. The van der Waals surface area contributed by atoms with E-state index in [0.717, 1.165) is 25.2 Å². The third-order valence-corrected chi connectivity index (χ3v) is 6.78. The maximum atomic E-state index is 13.5. The molecule has 12 heteroatoms. The van der Waals surface area contributed by atoms with E-state index in [4.69, 9.17) is 0 Å². The molecule has 3 aromatic heterocycles. The molecular weight excluding hydrogens is 425 g/mol. The highest BCUT2D eigenvalue weighted by molar-refractivity contribution is 5.98. The highest BCUT2D eigenvalue weighted by Crippen LogP contribution is 2.71. The Kier molecular flexibility index (Phi) is 3.87. The molecule has 1 amide bonds. The molecule has 9 nitrogen and oxygen atoms in total. The molecule has 3 aliphatic rings. The summed E-state index contributed by atoms with van der Waals surface area (Å²) >= 11 is 0. The van der Waals surface area contributed by atoms with Crippen LogP contribution in [0.4, 0.5) is 19.1 Å². The summed E-state index contributed by atoms with van der Waals surface area (Å²) in [6.07, 6.45) is 3.53. The number of hydrogen-bond acceptors (Lipinski definition) is 7. The molecule has 3 aromatic rings. The van der Waals surface area contributed by atoms with E-state index in [1.54, 1.807) is 18.3 Å². The first-order valence-electron chi connectivity index (χ1n) is 10.2. The number of carbonyl (C=O) groups excluding carboxylic acids is 1. The van der Waals surface area contributed by atoms with Crippen LogP contribution in [0.25, 0.3) is 5.82 Å². The van der Waals surface area contributed by atoms with Crippen molar-refractivity contribution in [1.29, 1.82) is 0 Å². The van der Waals surface area contributed by atoms with E-state index in [2.05, 4.69) is 30.5 Å². The van der Waals surface area contributed by atoms with Gasteiger partial charge in [0, 0.05) is 25.1 Å². The lowest BCUT2D eigenvalue weighted by Crippen LogP contribution is -2.60. The second-order valence-corrected chi connectivity index (χ2v) is 8.48. The molecule has 2 saturated carbocycles. The van der Waals surface area contributed by atoms with Gasteiger partial charge >= 0.3 is 6.18 Å². The summed E-state index contributed by atoms with van der Waals surface area (Å²) in [5.74, 6) is 0.747. The molecule has 6 rings (SSSR count). The number of halogens is 3. The summed E-state index contributed by atoms with van der Waals surface area (Å²) in [7, 11) is 0. The zero-order valence-corrected chi connectivity index (χ0v) is 16.6. The quantitative estimate of drug-likeness (QED) is 0.661. The summed E-state index contributed by atoms with van der Waals surface area (Å²) in [4.78, 5) is 28.6. The normalized spacial score (nSPS) is 28.0. The van der Waals surface area contributed by atoms with Gasteiger partial charge < -0.3 is 10.2 Å². The first kappa shape index (κ1) is 19.1. The lowest BCUT2D eigenvalue weighted by atomic mass is 9.71. The number of carbonyl (C=O) groups is 1. The van der Waals surface area contributed by atoms with Crippen molar-refractivity contribution in [3.8, 4) is 5.82 Å². The molecule has 4 unspecified atom stereocenters. The summed E-state index contributed by atoms with van der Waals surface area (Å²) < 4.78 is 38.3. The maximum Gasteiger partial charge on any atom is 0.419 e. The van der Waals surface area contributed by atoms with Crippen LogP contribution in [0.5, 0.6) is 0 Å². The van der Waals surface area contributed by atoms with Gasteiger partial charge in [0.15, 0.2) is 5.82 Å². The highest BCUT2D eigenvalue weighted by Gasteiger charge is 2.75. The van der Waals surface area contributed by atoms with Gasteiger partial charge in [-0.1, -0.05) is 0 Å². The van der Waals surface area contributed by atoms with Gasteiger partial charge in [0.05, 0.1) is 35.6 Å². The van der Waals surface area contributed by atoms with Crippen LogP contribution in [0.15, 0.2) is 43.1 Å². The second kappa shape index (κ2) is 6.47. The molecule has 1 N–H and O–H groups in total.